The first-order valence-electron chi connectivity index (χ1n) is 11.1. The van der Waals surface area contributed by atoms with Gasteiger partial charge < -0.3 is 15.1 Å². The van der Waals surface area contributed by atoms with E-state index in [1.54, 1.807) is 0 Å². The third-order valence-electron chi connectivity index (χ3n) is 6.74. The van der Waals surface area contributed by atoms with E-state index < -0.39 is 0 Å². The van der Waals surface area contributed by atoms with E-state index >= 15 is 0 Å². The molecule has 0 bridgehead atoms. The summed E-state index contributed by atoms with van der Waals surface area (Å²) in [5, 5.41) is 3.38. The van der Waals surface area contributed by atoms with Gasteiger partial charge in [0.25, 0.3) is 0 Å². The molecule has 3 rings (SSSR count). The summed E-state index contributed by atoms with van der Waals surface area (Å²) < 4.78 is 0. The lowest BCUT2D eigenvalue weighted by molar-refractivity contribution is -0.123. The molecule has 3 aliphatic heterocycles. The highest BCUT2D eigenvalue weighted by Gasteiger charge is 2.29. The van der Waals surface area contributed by atoms with Crippen molar-refractivity contribution in [1.82, 2.24) is 20.0 Å². The van der Waals surface area contributed by atoms with Crippen LogP contribution in [0.15, 0.2) is 0 Å². The van der Waals surface area contributed by atoms with Crippen LogP contribution in [0.5, 0.6) is 0 Å². The minimum atomic E-state index is 0.300. The van der Waals surface area contributed by atoms with Gasteiger partial charge in [-0.15, -0.1) is 0 Å². The molecule has 0 saturated carbocycles. The lowest BCUT2D eigenvalue weighted by atomic mass is 9.92. The molecule has 3 aliphatic rings. The molecule has 3 heterocycles. The van der Waals surface area contributed by atoms with Gasteiger partial charge in [0.15, 0.2) is 0 Å². The van der Waals surface area contributed by atoms with E-state index in [0.717, 1.165) is 25.4 Å². The first-order chi connectivity index (χ1) is 12.6. The maximum Gasteiger partial charge on any atom is 0.220 e. The molecule has 5 heteroatoms. The van der Waals surface area contributed by atoms with Crippen molar-refractivity contribution in [2.45, 2.75) is 70.4 Å². The molecule has 0 aliphatic carbocycles. The number of piperidine rings is 3. The maximum atomic E-state index is 12.6. The minimum absolute atomic E-state index is 0.300. The lowest BCUT2D eigenvalue weighted by Crippen LogP contribution is -2.53. The average molecular weight is 365 g/mol. The summed E-state index contributed by atoms with van der Waals surface area (Å²) in [4.78, 5) is 20.2. The van der Waals surface area contributed by atoms with Gasteiger partial charge in [0.1, 0.15) is 0 Å². The molecule has 0 aromatic carbocycles. The summed E-state index contributed by atoms with van der Waals surface area (Å²) >= 11 is 0. The molecule has 0 aromatic heterocycles. The Morgan fingerprint density at radius 1 is 1.00 bits per heavy atom. The maximum absolute atomic E-state index is 12.6. The van der Waals surface area contributed by atoms with Crippen LogP contribution in [-0.4, -0.2) is 85.6 Å². The van der Waals surface area contributed by atoms with E-state index in [2.05, 4.69) is 34.0 Å². The zero-order chi connectivity index (χ0) is 18.4. The van der Waals surface area contributed by atoms with Gasteiger partial charge in [0.05, 0.1) is 0 Å². The molecule has 0 unspecified atom stereocenters. The van der Waals surface area contributed by atoms with Crippen molar-refractivity contribution >= 4 is 5.91 Å². The summed E-state index contributed by atoms with van der Waals surface area (Å²) in [6, 6.07) is 1.10. The zero-order valence-electron chi connectivity index (χ0n) is 17.1. The molecule has 3 saturated heterocycles. The van der Waals surface area contributed by atoms with E-state index in [1.807, 2.05) is 0 Å². The fourth-order valence-electron chi connectivity index (χ4n) is 5.10. The highest BCUT2D eigenvalue weighted by atomic mass is 16.1. The fourth-order valence-corrected chi connectivity index (χ4v) is 5.10. The summed E-state index contributed by atoms with van der Waals surface area (Å²) in [7, 11) is 2.22. The summed E-state index contributed by atoms with van der Waals surface area (Å²) in [5.41, 5.74) is 0. The molecular weight excluding hydrogens is 324 g/mol. The quantitative estimate of drug-likeness (QED) is 0.784. The van der Waals surface area contributed by atoms with E-state index in [0.29, 0.717) is 17.9 Å². The van der Waals surface area contributed by atoms with Gasteiger partial charge in [-0.25, -0.2) is 0 Å². The topological polar surface area (TPSA) is 38.8 Å². The average Bonchev–Trinajstić information content (AvgIpc) is 2.64. The van der Waals surface area contributed by atoms with Crippen molar-refractivity contribution in [3.05, 3.63) is 0 Å². The van der Waals surface area contributed by atoms with Crippen LogP contribution in [0.3, 0.4) is 0 Å². The molecular formula is C21H40N4O. The van der Waals surface area contributed by atoms with Crippen LogP contribution < -0.4 is 5.32 Å². The minimum Gasteiger partial charge on any atom is -0.352 e. The SMILES string of the molecule is CCCN1CCC(CC(=O)N[C@H]2CCCN(C3CCN(C)CC3)C2)CC1. The van der Waals surface area contributed by atoms with Crippen molar-refractivity contribution in [3.63, 3.8) is 0 Å². The summed E-state index contributed by atoms with van der Waals surface area (Å²) in [5.74, 6) is 0.894. The van der Waals surface area contributed by atoms with Crippen molar-refractivity contribution in [1.29, 1.82) is 0 Å². The molecule has 0 spiro atoms. The Morgan fingerprint density at radius 3 is 2.42 bits per heavy atom. The monoisotopic (exact) mass is 364 g/mol. The molecule has 5 nitrogen and oxygen atoms in total. The first-order valence-corrected chi connectivity index (χ1v) is 11.1. The number of carbonyl (C=O) groups excluding carboxylic acids is 1. The second kappa shape index (κ2) is 10.0. The Kier molecular flexibility index (Phi) is 7.77. The van der Waals surface area contributed by atoms with E-state index in [9.17, 15) is 4.79 Å². The van der Waals surface area contributed by atoms with Crippen molar-refractivity contribution in [2.75, 3.05) is 52.9 Å². The van der Waals surface area contributed by atoms with Crippen LogP contribution in [0.2, 0.25) is 0 Å². The number of likely N-dealkylation sites (tertiary alicyclic amines) is 3. The number of hydrogen-bond donors (Lipinski definition) is 1. The molecule has 0 radical (unpaired) electrons. The van der Waals surface area contributed by atoms with Crippen LogP contribution in [0.25, 0.3) is 0 Å². The van der Waals surface area contributed by atoms with Gasteiger partial charge in [0.2, 0.25) is 5.91 Å². The largest absolute Gasteiger partial charge is 0.352 e. The molecule has 1 amide bonds. The zero-order valence-corrected chi connectivity index (χ0v) is 17.1. The number of nitrogens with one attached hydrogen (secondary N) is 1. The Hall–Kier alpha value is -0.650. The number of nitrogens with zero attached hydrogens (tertiary/aromatic N) is 3. The van der Waals surface area contributed by atoms with Crippen molar-refractivity contribution < 1.29 is 4.79 Å². The molecule has 26 heavy (non-hydrogen) atoms. The molecule has 0 aromatic rings. The number of amides is 1. The molecule has 1 N–H and O–H groups in total. The standard InChI is InChI=1S/C21H40N4O/c1-3-10-24-14-6-18(7-15-24)16-21(26)22-19-5-4-11-25(17-19)20-8-12-23(2)13-9-20/h18-20H,3-17H2,1-2H3,(H,22,26)/t19-/m0/s1. The van der Waals surface area contributed by atoms with Crippen LogP contribution in [0, 0.1) is 5.92 Å². The molecule has 1 atom stereocenters. The Balaban J connectivity index is 1.37. The second-order valence-corrected chi connectivity index (χ2v) is 8.93. The smallest absolute Gasteiger partial charge is 0.220 e. The third-order valence-corrected chi connectivity index (χ3v) is 6.74. The lowest BCUT2D eigenvalue weighted by Gasteiger charge is -2.42. The van der Waals surface area contributed by atoms with E-state index in [1.165, 1.54) is 77.8 Å². The predicted octanol–water partition coefficient (Wildman–Crippen LogP) is 2.17. The number of hydrogen-bond acceptors (Lipinski definition) is 4. The van der Waals surface area contributed by atoms with Gasteiger partial charge in [-0.3, -0.25) is 9.69 Å². The van der Waals surface area contributed by atoms with E-state index in [4.69, 9.17) is 0 Å². The van der Waals surface area contributed by atoms with Gasteiger partial charge in [0, 0.05) is 25.0 Å². The second-order valence-electron chi connectivity index (χ2n) is 8.93. The Labute approximate surface area is 160 Å². The van der Waals surface area contributed by atoms with Crippen LogP contribution in [-0.2, 0) is 4.79 Å². The van der Waals surface area contributed by atoms with Gasteiger partial charge in [-0.1, -0.05) is 6.92 Å². The van der Waals surface area contributed by atoms with Crippen molar-refractivity contribution in [3.8, 4) is 0 Å². The highest BCUT2D eigenvalue weighted by Crippen LogP contribution is 2.22. The van der Waals surface area contributed by atoms with Crippen molar-refractivity contribution in [2.24, 2.45) is 5.92 Å². The van der Waals surface area contributed by atoms with Gasteiger partial charge in [-0.05, 0) is 97.2 Å². The third kappa shape index (κ3) is 5.93. The van der Waals surface area contributed by atoms with Gasteiger partial charge in [-0.2, -0.15) is 0 Å². The predicted molar refractivity (Wildman–Crippen MR) is 107 cm³/mol. The van der Waals surface area contributed by atoms with Crippen LogP contribution >= 0.6 is 0 Å². The van der Waals surface area contributed by atoms with Gasteiger partial charge >= 0.3 is 0 Å². The number of carbonyl (C=O) groups is 1. The normalized spacial score (nSPS) is 28.3. The Bertz CT molecular complexity index is 428. The van der Waals surface area contributed by atoms with Crippen LogP contribution in [0.4, 0.5) is 0 Å². The first kappa shape index (κ1) is 20.1. The number of rotatable bonds is 6. The molecule has 150 valence electrons. The fraction of sp³-hybridized carbons (Fsp3) is 0.952. The summed E-state index contributed by atoms with van der Waals surface area (Å²) in [6.07, 6.45) is 9.32. The Morgan fingerprint density at radius 2 is 1.73 bits per heavy atom. The highest BCUT2D eigenvalue weighted by molar-refractivity contribution is 5.76. The van der Waals surface area contributed by atoms with E-state index in [-0.39, 0.29) is 0 Å². The summed E-state index contributed by atoms with van der Waals surface area (Å²) in [6.45, 7) is 10.5. The molecule has 3 fully saturated rings. The van der Waals surface area contributed by atoms with Crippen LogP contribution in [0.1, 0.15) is 58.3 Å².